The van der Waals surface area contributed by atoms with E-state index in [2.05, 4.69) is 4.98 Å². The molecular weight excluding hydrogens is 166 g/mol. The van der Waals surface area contributed by atoms with E-state index in [1.165, 1.54) is 6.20 Å². The summed E-state index contributed by atoms with van der Waals surface area (Å²) in [6, 6.07) is 0. The summed E-state index contributed by atoms with van der Waals surface area (Å²) in [6.45, 7) is 1.71. The molecule has 0 fully saturated rings. The molecule has 0 aliphatic carbocycles. The number of ketones is 1. The molecule has 1 aromatic rings. The Morgan fingerprint density at radius 1 is 1.64 bits per heavy atom. The van der Waals surface area contributed by atoms with Crippen LogP contribution in [0.2, 0.25) is 0 Å². The maximum absolute atomic E-state index is 10.7. The van der Waals surface area contributed by atoms with Gasteiger partial charge in [-0.05, 0) is 6.92 Å². The van der Waals surface area contributed by atoms with Crippen molar-refractivity contribution in [2.75, 3.05) is 0 Å². The van der Waals surface area contributed by atoms with E-state index in [1.54, 1.807) is 6.92 Å². The van der Waals surface area contributed by atoms with Gasteiger partial charge in [0.2, 0.25) is 0 Å². The molecule has 0 atom stereocenters. The smallest absolute Gasteiger partial charge is 0.378 e. The van der Waals surface area contributed by atoms with Gasteiger partial charge in [0.1, 0.15) is 4.88 Å². The Morgan fingerprint density at radius 2 is 2.27 bits per heavy atom. The number of carboxylic acids is 1. The van der Waals surface area contributed by atoms with Gasteiger partial charge in [-0.2, -0.15) is 0 Å². The number of rotatable bonds is 2. The summed E-state index contributed by atoms with van der Waals surface area (Å²) in [5.41, 5.74) is 0. The van der Waals surface area contributed by atoms with Crippen molar-refractivity contribution in [1.29, 1.82) is 0 Å². The third-order valence-corrected chi connectivity index (χ3v) is 1.95. The Balaban J connectivity index is 2.94. The second-order valence-corrected chi connectivity index (χ2v) is 3.11. The first kappa shape index (κ1) is 7.87. The van der Waals surface area contributed by atoms with Gasteiger partial charge in [-0.1, -0.05) is 0 Å². The second kappa shape index (κ2) is 2.79. The standard InChI is InChI=1S/C6H5NO3S/c1-3-7-2-4(11-3)5(8)6(9)10/h2H,1H3,(H,9,10). The summed E-state index contributed by atoms with van der Waals surface area (Å²) in [5.74, 6) is -2.33. The number of hydrogen-bond acceptors (Lipinski definition) is 4. The molecule has 1 aromatic heterocycles. The zero-order valence-electron chi connectivity index (χ0n) is 5.70. The molecule has 0 unspecified atom stereocenters. The molecule has 0 saturated carbocycles. The van der Waals surface area contributed by atoms with Gasteiger partial charge < -0.3 is 5.11 Å². The van der Waals surface area contributed by atoms with Gasteiger partial charge in [0, 0.05) is 6.20 Å². The Hall–Kier alpha value is -1.23. The highest BCUT2D eigenvalue weighted by Gasteiger charge is 2.16. The van der Waals surface area contributed by atoms with E-state index in [0.717, 1.165) is 11.3 Å². The van der Waals surface area contributed by atoms with Crippen LogP contribution in [0.15, 0.2) is 6.20 Å². The Bertz CT molecular complexity index is 305. The van der Waals surface area contributed by atoms with Crippen LogP contribution in [0.5, 0.6) is 0 Å². The molecule has 0 bridgehead atoms. The maximum atomic E-state index is 10.7. The SMILES string of the molecule is Cc1ncc(C(=O)C(=O)O)s1. The lowest BCUT2D eigenvalue weighted by atomic mass is 10.4. The zero-order valence-corrected chi connectivity index (χ0v) is 6.51. The van der Waals surface area contributed by atoms with E-state index >= 15 is 0 Å². The molecule has 0 aromatic carbocycles. The summed E-state index contributed by atoms with van der Waals surface area (Å²) in [4.78, 5) is 24.8. The van der Waals surface area contributed by atoms with E-state index < -0.39 is 11.8 Å². The highest BCUT2D eigenvalue weighted by atomic mass is 32.1. The molecule has 4 nitrogen and oxygen atoms in total. The lowest BCUT2D eigenvalue weighted by molar-refractivity contribution is -0.131. The first-order chi connectivity index (χ1) is 5.11. The molecule has 5 heteroatoms. The van der Waals surface area contributed by atoms with E-state index in [0.29, 0.717) is 5.01 Å². The Kier molecular flexibility index (Phi) is 2.00. The number of nitrogens with zero attached hydrogens (tertiary/aromatic N) is 1. The first-order valence-electron chi connectivity index (χ1n) is 2.81. The molecule has 0 aliphatic rings. The quantitative estimate of drug-likeness (QED) is 0.526. The summed E-state index contributed by atoms with van der Waals surface area (Å²) >= 11 is 1.08. The monoisotopic (exact) mass is 171 g/mol. The van der Waals surface area contributed by atoms with Crippen molar-refractivity contribution < 1.29 is 14.7 Å². The van der Waals surface area contributed by atoms with Gasteiger partial charge >= 0.3 is 5.97 Å². The molecule has 0 amide bonds. The van der Waals surface area contributed by atoms with Crippen molar-refractivity contribution in [3.05, 3.63) is 16.1 Å². The number of Topliss-reactive ketones (excluding diaryl/α,β-unsaturated/α-hetero) is 1. The minimum atomic E-state index is -1.44. The van der Waals surface area contributed by atoms with Crippen molar-refractivity contribution in [2.45, 2.75) is 6.92 Å². The van der Waals surface area contributed by atoms with Crippen LogP contribution < -0.4 is 0 Å². The molecule has 0 saturated heterocycles. The number of carbonyl (C=O) groups is 2. The van der Waals surface area contributed by atoms with Crippen LogP contribution in [0.1, 0.15) is 14.7 Å². The van der Waals surface area contributed by atoms with Crippen molar-refractivity contribution in [1.82, 2.24) is 4.98 Å². The highest BCUT2D eigenvalue weighted by Crippen LogP contribution is 2.11. The van der Waals surface area contributed by atoms with E-state index in [9.17, 15) is 9.59 Å². The van der Waals surface area contributed by atoms with Crippen molar-refractivity contribution >= 4 is 23.1 Å². The zero-order chi connectivity index (χ0) is 8.43. The third kappa shape index (κ3) is 1.62. The van der Waals surface area contributed by atoms with Crippen molar-refractivity contribution in [3.63, 3.8) is 0 Å². The van der Waals surface area contributed by atoms with Crippen molar-refractivity contribution in [2.24, 2.45) is 0 Å². The van der Waals surface area contributed by atoms with Gasteiger partial charge in [0.25, 0.3) is 5.78 Å². The summed E-state index contributed by atoms with van der Waals surface area (Å²) < 4.78 is 0. The minimum Gasteiger partial charge on any atom is -0.475 e. The fraction of sp³-hybridized carbons (Fsp3) is 0.167. The normalized spacial score (nSPS) is 9.55. The van der Waals surface area contributed by atoms with Gasteiger partial charge in [0.15, 0.2) is 0 Å². The number of thiazole rings is 1. The molecular formula is C6H5NO3S. The van der Waals surface area contributed by atoms with Crippen LogP contribution in [-0.4, -0.2) is 21.8 Å². The topological polar surface area (TPSA) is 67.3 Å². The predicted molar refractivity (Wildman–Crippen MR) is 38.8 cm³/mol. The minimum absolute atomic E-state index is 0.176. The Morgan fingerprint density at radius 3 is 2.64 bits per heavy atom. The fourth-order valence-corrected chi connectivity index (χ4v) is 1.28. The average molecular weight is 171 g/mol. The Labute approximate surface area is 66.5 Å². The predicted octanol–water partition coefficient (Wildman–Crippen LogP) is 0.719. The van der Waals surface area contributed by atoms with Gasteiger partial charge in [-0.25, -0.2) is 9.78 Å². The van der Waals surface area contributed by atoms with Crippen LogP contribution in [0, 0.1) is 6.92 Å². The molecule has 58 valence electrons. The number of carbonyl (C=O) groups excluding carboxylic acids is 1. The third-order valence-electron chi connectivity index (χ3n) is 1.04. The van der Waals surface area contributed by atoms with Gasteiger partial charge in [0.05, 0.1) is 5.01 Å². The lowest BCUT2D eigenvalue weighted by Gasteiger charge is -1.84. The number of aliphatic carboxylic acids is 1. The van der Waals surface area contributed by atoms with Crippen LogP contribution in [0.3, 0.4) is 0 Å². The summed E-state index contributed by atoms with van der Waals surface area (Å²) in [6.07, 6.45) is 1.27. The number of aromatic nitrogens is 1. The van der Waals surface area contributed by atoms with Gasteiger partial charge in [-0.3, -0.25) is 4.79 Å². The molecule has 11 heavy (non-hydrogen) atoms. The molecule has 0 aliphatic heterocycles. The summed E-state index contributed by atoms with van der Waals surface area (Å²) in [7, 11) is 0. The van der Waals surface area contributed by atoms with E-state index in [-0.39, 0.29) is 4.88 Å². The number of hydrogen-bond donors (Lipinski definition) is 1. The first-order valence-corrected chi connectivity index (χ1v) is 3.63. The molecule has 0 radical (unpaired) electrons. The van der Waals surface area contributed by atoms with Gasteiger partial charge in [-0.15, -0.1) is 11.3 Å². The lowest BCUT2D eigenvalue weighted by Crippen LogP contribution is -2.10. The maximum Gasteiger partial charge on any atom is 0.378 e. The van der Waals surface area contributed by atoms with Crippen LogP contribution in [0.4, 0.5) is 0 Å². The van der Waals surface area contributed by atoms with Crippen LogP contribution in [-0.2, 0) is 4.79 Å². The van der Waals surface area contributed by atoms with E-state index in [1.807, 2.05) is 0 Å². The van der Waals surface area contributed by atoms with E-state index in [4.69, 9.17) is 5.11 Å². The number of carboxylic acid groups (broad SMARTS) is 1. The second-order valence-electron chi connectivity index (χ2n) is 1.88. The average Bonchev–Trinajstić information content (AvgIpc) is 2.34. The van der Waals surface area contributed by atoms with Crippen LogP contribution in [0.25, 0.3) is 0 Å². The van der Waals surface area contributed by atoms with Crippen LogP contribution >= 0.6 is 11.3 Å². The molecule has 1 heterocycles. The molecule has 0 spiro atoms. The summed E-state index contributed by atoms with van der Waals surface area (Å²) in [5, 5.41) is 8.96. The highest BCUT2D eigenvalue weighted by molar-refractivity contribution is 7.14. The molecule has 1 N–H and O–H groups in total. The van der Waals surface area contributed by atoms with Crippen molar-refractivity contribution in [3.8, 4) is 0 Å². The molecule has 1 rings (SSSR count). The fourth-order valence-electron chi connectivity index (χ4n) is 0.572. The number of aryl methyl sites for hydroxylation is 1. The largest absolute Gasteiger partial charge is 0.475 e.